The molecule has 184 valence electrons. The predicted octanol–water partition coefficient (Wildman–Crippen LogP) is 3.01. The predicted molar refractivity (Wildman–Crippen MR) is 117 cm³/mol. The largest absolute Gasteiger partial charge is 0.481 e. The fraction of sp³-hybridized carbons (Fsp3) is 0.800. The smallest absolute Gasteiger partial charge is 0.306 e. The molecule has 0 aromatic carbocycles. The van der Waals surface area contributed by atoms with E-state index >= 15 is 0 Å². The Bertz CT molecular complexity index is 851. The molecule has 33 heavy (non-hydrogen) atoms. The van der Waals surface area contributed by atoms with Crippen molar-refractivity contribution in [3.05, 3.63) is 12.2 Å². The van der Waals surface area contributed by atoms with Crippen LogP contribution < -0.4 is 0 Å². The van der Waals surface area contributed by atoms with Gasteiger partial charge in [0.05, 0.1) is 18.9 Å². The Labute approximate surface area is 194 Å². The zero-order valence-corrected chi connectivity index (χ0v) is 19.8. The number of rotatable bonds is 5. The summed E-state index contributed by atoms with van der Waals surface area (Å²) < 4.78 is 17.7. The Kier molecular flexibility index (Phi) is 6.15. The lowest BCUT2D eigenvalue weighted by molar-refractivity contribution is -0.231. The van der Waals surface area contributed by atoms with Gasteiger partial charge in [-0.1, -0.05) is 27.4 Å². The Hall–Kier alpha value is -1.93. The van der Waals surface area contributed by atoms with E-state index in [1.165, 1.54) is 0 Å². The Morgan fingerprint density at radius 2 is 2.00 bits per heavy atom. The van der Waals surface area contributed by atoms with Crippen LogP contribution in [-0.4, -0.2) is 58.1 Å². The standard InChI is InChI=1S/C25H36O8/c1-14(2)16-12-18-25(33-18)23(4)10-5-6-20(28)31-13-15(3)17(23)9-11-24(25,30)22(16)32-21(29)8-7-19(26)27/h14,16-18,22,30H,3,5-13H2,1-2,4H3,(H,26,27)/t16?,17?,18-,22+,23-,24+,25+/m0/s1. The zero-order chi connectivity index (χ0) is 24.2. The Morgan fingerprint density at radius 3 is 2.67 bits per heavy atom. The van der Waals surface area contributed by atoms with Crippen molar-refractivity contribution >= 4 is 17.9 Å². The van der Waals surface area contributed by atoms with Gasteiger partial charge in [0.15, 0.2) is 0 Å². The van der Waals surface area contributed by atoms with E-state index in [4.69, 9.17) is 19.3 Å². The molecule has 2 unspecified atom stereocenters. The SMILES string of the molecule is C=C1COC(=O)CCC[C@@]2(C)C1CC[C@@]1(O)[C@H](OC(=O)CCC(=O)O)C(C(C)C)C[C@@H]3O[C@]321. The molecule has 0 aromatic rings. The molecule has 0 aromatic heterocycles. The van der Waals surface area contributed by atoms with E-state index in [-0.39, 0.29) is 49.3 Å². The lowest BCUT2D eigenvalue weighted by atomic mass is 9.46. The minimum Gasteiger partial charge on any atom is -0.481 e. The van der Waals surface area contributed by atoms with Crippen LogP contribution in [0.2, 0.25) is 0 Å². The highest BCUT2D eigenvalue weighted by Gasteiger charge is 2.84. The second kappa shape index (κ2) is 8.38. The normalized spacial score (nSPS) is 42.6. The maximum Gasteiger partial charge on any atom is 0.306 e. The molecular weight excluding hydrogens is 428 g/mol. The number of carbonyl (C=O) groups excluding carboxylic acids is 2. The third-order valence-corrected chi connectivity index (χ3v) is 8.79. The van der Waals surface area contributed by atoms with Crippen LogP contribution in [0.25, 0.3) is 0 Å². The first-order chi connectivity index (χ1) is 15.5. The first kappa shape index (κ1) is 24.2. The van der Waals surface area contributed by atoms with Gasteiger partial charge in [0, 0.05) is 17.8 Å². The topological polar surface area (TPSA) is 123 Å². The number of cyclic esters (lactones) is 1. The molecule has 4 fully saturated rings. The van der Waals surface area contributed by atoms with Crippen molar-refractivity contribution in [2.75, 3.05) is 6.61 Å². The van der Waals surface area contributed by atoms with Crippen LogP contribution in [0.4, 0.5) is 0 Å². The summed E-state index contributed by atoms with van der Waals surface area (Å²) in [7, 11) is 0. The van der Waals surface area contributed by atoms with Crippen LogP contribution in [0.1, 0.15) is 72.1 Å². The quantitative estimate of drug-likeness (QED) is 0.362. The molecule has 0 amide bonds. The fourth-order valence-electron chi connectivity index (χ4n) is 7.16. The van der Waals surface area contributed by atoms with Crippen molar-refractivity contribution in [3.63, 3.8) is 0 Å². The van der Waals surface area contributed by atoms with E-state index < -0.39 is 34.7 Å². The van der Waals surface area contributed by atoms with E-state index in [9.17, 15) is 19.5 Å². The highest BCUT2D eigenvalue weighted by molar-refractivity contribution is 5.76. The van der Waals surface area contributed by atoms with E-state index in [2.05, 4.69) is 13.5 Å². The molecular formula is C25H36O8. The van der Waals surface area contributed by atoms with Crippen LogP contribution in [-0.2, 0) is 28.6 Å². The van der Waals surface area contributed by atoms with Gasteiger partial charge in [-0.3, -0.25) is 14.4 Å². The second-order valence-electron chi connectivity index (χ2n) is 10.9. The van der Waals surface area contributed by atoms with Gasteiger partial charge in [0.2, 0.25) is 0 Å². The van der Waals surface area contributed by atoms with Crippen molar-refractivity contribution in [1.29, 1.82) is 0 Å². The lowest BCUT2D eigenvalue weighted by Gasteiger charge is -2.59. The number of hydrogen-bond acceptors (Lipinski definition) is 7. The van der Waals surface area contributed by atoms with Crippen molar-refractivity contribution < 1.29 is 38.8 Å². The van der Waals surface area contributed by atoms with Crippen LogP contribution in [0, 0.1) is 23.2 Å². The van der Waals surface area contributed by atoms with E-state index in [1.807, 2.05) is 13.8 Å². The molecule has 2 heterocycles. The summed E-state index contributed by atoms with van der Waals surface area (Å²) in [5.74, 6) is -1.87. The number of carboxylic acids is 1. The number of aliphatic carboxylic acids is 1. The van der Waals surface area contributed by atoms with Crippen molar-refractivity contribution in [2.45, 2.75) is 95.5 Å². The number of ether oxygens (including phenoxy) is 3. The van der Waals surface area contributed by atoms with E-state index in [0.29, 0.717) is 38.5 Å². The second-order valence-corrected chi connectivity index (χ2v) is 10.9. The number of epoxide rings is 1. The molecule has 0 radical (unpaired) electrons. The van der Waals surface area contributed by atoms with Gasteiger partial charge in [-0.05, 0) is 49.5 Å². The summed E-state index contributed by atoms with van der Waals surface area (Å²) in [4.78, 5) is 35.6. The summed E-state index contributed by atoms with van der Waals surface area (Å²) >= 11 is 0. The molecule has 4 rings (SSSR count). The summed E-state index contributed by atoms with van der Waals surface area (Å²) in [6.07, 6.45) is 1.73. The number of esters is 2. The number of carbonyl (C=O) groups is 3. The van der Waals surface area contributed by atoms with Crippen LogP contribution in [0.15, 0.2) is 12.2 Å². The van der Waals surface area contributed by atoms with Gasteiger partial charge in [-0.25, -0.2) is 0 Å². The average Bonchev–Trinajstić information content (AvgIpc) is 3.47. The van der Waals surface area contributed by atoms with Gasteiger partial charge in [-0.2, -0.15) is 0 Å². The fourth-order valence-corrected chi connectivity index (χ4v) is 7.16. The molecule has 2 saturated heterocycles. The summed E-state index contributed by atoms with van der Waals surface area (Å²) in [6, 6.07) is 0. The van der Waals surface area contributed by atoms with Gasteiger partial charge in [-0.15, -0.1) is 0 Å². The maximum absolute atomic E-state index is 12.6. The molecule has 2 aliphatic heterocycles. The van der Waals surface area contributed by atoms with Crippen molar-refractivity contribution in [1.82, 2.24) is 0 Å². The third kappa shape index (κ3) is 3.70. The molecule has 4 aliphatic rings. The monoisotopic (exact) mass is 464 g/mol. The average molecular weight is 465 g/mol. The van der Waals surface area contributed by atoms with Gasteiger partial charge >= 0.3 is 17.9 Å². The molecule has 2 aliphatic carbocycles. The first-order valence-electron chi connectivity index (χ1n) is 12.1. The lowest BCUT2D eigenvalue weighted by Crippen LogP contribution is -2.71. The molecule has 2 saturated carbocycles. The molecule has 8 nitrogen and oxygen atoms in total. The van der Waals surface area contributed by atoms with Crippen molar-refractivity contribution in [2.24, 2.45) is 23.2 Å². The highest BCUT2D eigenvalue weighted by atomic mass is 16.6. The third-order valence-electron chi connectivity index (χ3n) is 8.79. The minimum absolute atomic E-state index is 0.00707. The summed E-state index contributed by atoms with van der Waals surface area (Å²) in [5, 5.41) is 21.3. The number of aliphatic hydroxyl groups is 1. The van der Waals surface area contributed by atoms with Crippen molar-refractivity contribution in [3.8, 4) is 0 Å². The number of fused-ring (bicyclic) bond motifs is 1. The molecule has 7 atom stereocenters. The molecule has 2 N–H and O–H groups in total. The van der Waals surface area contributed by atoms with Crippen LogP contribution >= 0.6 is 0 Å². The summed E-state index contributed by atoms with van der Waals surface area (Å²) in [5.41, 5.74) is -1.96. The van der Waals surface area contributed by atoms with Gasteiger partial charge in [0.25, 0.3) is 0 Å². The molecule has 0 bridgehead atoms. The van der Waals surface area contributed by atoms with Gasteiger partial charge in [0.1, 0.15) is 23.9 Å². The summed E-state index contributed by atoms with van der Waals surface area (Å²) in [6.45, 7) is 10.6. The molecule has 8 heteroatoms. The number of hydrogen-bond donors (Lipinski definition) is 2. The van der Waals surface area contributed by atoms with Gasteiger partial charge < -0.3 is 24.4 Å². The first-order valence-corrected chi connectivity index (χ1v) is 12.1. The zero-order valence-electron chi connectivity index (χ0n) is 19.8. The minimum atomic E-state index is -1.39. The Balaban J connectivity index is 1.70. The van der Waals surface area contributed by atoms with E-state index in [1.54, 1.807) is 0 Å². The highest BCUT2D eigenvalue weighted by Crippen LogP contribution is 2.72. The van der Waals surface area contributed by atoms with Crippen LogP contribution in [0.3, 0.4) is 0 Å². The molecule has 1 spiro atoms. The maximum atomic E-state index is 12.6. The number of carboxylic acid groups (broad SMARTS) is 1. The Morgan fingerprint density at radius 1 is 1.27 bits per heavy atom. The van der Waals surface area contributed by atoms with E-state index in [0.717, 1.165) is 5.57 Å². The van der Waals surface area contributed by atoms with Crippen LogP contribution in [0.5, 0.6) is 0 Å².